The minimum atomic E-state index is -0.636. The van der Waals surface area contributed by atoms with E-state index >= 15 is 0 Å². The van der Waals surface area contributed by atoms with Gasteiger partial charge in [-0.25, -0.2) is 4.68 Å². The molecule has 0 aliphatic heterocycles. The summed E-state index contributed by atoms with van der Waals surface area (Å²) in [5.41, 5.74) is -0.636. The molecule has 0 bridgehead atoms. The first-order valence-corrected chi connectivity index (χ1v) is 5.79. The lowest BCUT2D eigenvalue weighted by molar-refractivity contribution is -0.144. The molecule has 0 radical (unpaired) electrons. The van der Waals surface area contributed by atoms with Gasteiger partial charge < -0.3 is 4.74 Å². The van der Waals surface area contributed by atoms with E-state index < -0.39 is 11.5 Å². The zero-order chi connectivity index (χ0) is 12.3. The molecule has 0 unspecified atom stereocenters. The van der Waals surface area contributed by atoms with E-state index in [4.69, 9.17) is 23.2 Å². The van der Waals surface area contributed by atoms with Gasteiger partial charge in [0.25, 0.3) is 5.56 Å². The van der Waals surface area contributed by atoms with Crippen LogP contribution < -0.4 is 5.56 Å². The van der Waals surface area contributed by atoms with E-state index in [0.29, 0.717) is 0 Å². The second kappa shape index (κ2) is 5.65. The average molecular weight is 330 g/mol. The normalized spacial score (nSPS) is 10.2. The van der Waals surface area contributed by atoms with E-state index in [1.54, 1.807) is 6.92 Å². The Hall–Kier alpha value is -0.590. The Kier molecular flexibility index (Phi) is 4.76. The summed E-state index contributed by atoms with van der Waals surface area (Å²) >= 11 is 14.4. The van der Waals surface area contributed by atoms with Gasteiger partial charge in [0.05, 0.1) is 11.6 Å². The molecule has 1 aromatic heterocycles. The third kappa shape index (κ3) is 2.96. The molecule has 1 rings (SSSR count). The SMILES string of the molecule is CCOC(=O)Cn1nc(Br)c(Cl)c(Cl)c1=O. The topological polar surface area (TPSA) is 61.2 Å². The Morgan fingerprint density at radius 2 is 2.12 bits per heavy atom. The van der Waals surface area contributed by atoms with Crippen molar-refractivity contribution >= 4 is 45.1 Å². The van der Waals surface area contributed by atoms with Crippen LogP contribution in [0.5, 0.6) is 0 Å². The van der Waals surface area contributed by atoms with Crippen molar-refractivity contribution in [3.05, 3.63) is 25.0 Å². The first kappa shape index (κ1) is 13.5. The molecular formula is C8H7BrCl2N2O3. The van der Waals surface area contributed by atoms with Crippen LogP contribution in [0, 0.1) is 0 Å². The van der Waals surface area contributed by atoms with E-state index in [1.807, 2.05) is 0 Å². The van der Waals surface area contributed by atoms with Gasteiger partial charge >= 0.3 is 5.97 Å². The highest BCUT2D eigenvalue weighted by molar-refractivity contribution is 9.10. The number of ether oxygens (including phenoxy) is 1. The van der Waals surface area contributed by atoms with Crippen LogP contribution >= 0.6 is 39.1 Å². The molecule has 0 amide bonds. The third-order valence-corrected chi connectivity index (χ3v) is 3.19. The zero-order valence-electron chi connectivity index (χ0n) is 8.17. The van der Waals surface area contributed by atoms with Crippen LogP contribution in [-0.4, -0.2) is 22.4 Å². The molecule has 0 aromatic carbocycles. The van der Waals surface area contributed by atoms with Crippen molar-refractivity contribution in [1.82, 2.24) is 9.78 Å². The fourth-order valence-corrected chi connectivity index (χ4v) is 1.74. The van der Waals surface area contributed by atoms with Crippen LogP contribution in [-0.2, 0) is 16.1 Å². The molecule has 0 fully saturated rings. The van der Waals surface area contributed by atoms with Crippen LogP contribution in [0.3, 0.4) is 0 Å². The summed E-state index contributed by atoms with van der Waals surface area (Å²) in [6.45, 7) is 1.59. The molecule has 88 valence electrons. The summed E-state index contributed by atoms with van der Waals surface area (Å²) in [4.78, 5) is 22.7. The lowest BCUT2D eigenvalue weighted by Gasteiger charge is -2.06. The number of nitrogens with zero attached hydrogens (tertiary/aromatic N) is 2. The summed E-state index contributed by atoms with van der Waals surface area (Å²) < 4.78 is 5.76. The van der Waals surface area contributed by atoms with Gasteiger partial charge in [0.15, 0.2) is 0 Å². The van der Waals surface area contributed by atoms with Crippen molar-refractivity contribution in [2.45, 2.75) is 13.5 Å². The van der Waals surface area contributed by atoms with Gasteiger partial charge in [0, 0.05) is 0 Å². The van der Waals surface area contributed by atoms with E-state index in [9.17, 15) is 9.59 Å². The second-order valence-corrected chi connectivity index (χ2v) is 4.19. The number of hydrogen-bond donors (Lipinski definition) is 0. The predicted octanol–water partition coefficient (Wildman–Crippen LogP) is 1.88. The van der Waals surface area contributed by atoms with Gasteiger partial charge in [-0.1, -0.05) is 23.2 Å². The molecule has 16 heavy (non-hydrogen) atoms. The Balaban J connectivity index is 3.07. The van der Waals surface area contributed by atoms with Crippen LogP contribution in [0.4, 0.5) is 0 Å². The van der Waals surface area contributed by atoms with Crippen molar-refractivity contribution in [3.63, 3.8) is 0 Å². The van der Waals surface area contributed by atoms with Crippen molar-refractivity contribution < 1.29 is 9.53 Å². The Labute approximate surface area is 109 Å². The van der Waals surface area contributed by atoms with Crippen LogP contribution in [0.1, 0.15) is 6.92 Å². The summed E-state index contributed by atoms with van der Waals surface area (Å²) in [6.07, 6.45) is 0. The molecule has 1 aromatic rings. The average Bonchev–Trinajstić information content (AvgIpc) is 2.23. The van der Waals surface area contributed by atoms with Crippen LogP contribution in [0.15, 0.2) is 9.40 Å². The number of esters is 1. The summed E-state index contributed by atoms with van der Waals surface area (Å²) in [5, 5.41) is 3.59. The first-order valence-electron chi connectivity index (χ1n) is 4.24. The van der Waals surface area contributed by atoms with Gasteiger partial charge in [-0.2, -0.15) is 5.10 Å². The monoisotopic (exact) mass is 328 g/mol. The van der Waals surface area contributed by atoms with Gasteiger partial charge in [-0.3, -0.25) is 9.59 Å². The van der Waals surface area contributed by atoms with E-state index in [2.05, 4.69) is 25.8 Å². The van der Waals surface area contributed by atoms with E-state index in [-0.39, 0.29) is 27.8 Å². The molecule has 0 aliphatic carbocycles. The molecule has 0 atom stereocenters. The van der Waals surface area contributed by atoms with Crippen molar-refractivity contribution in [2.24, 2.45) is 0 Å². The summed E-state index contributed by atoms with van der Waals surface area (Å²) in [7, 11) is 0. The van der Waals surface area contributed by atoms with E-state index in [1.165, 1.54) is 0 Å². The first-order chi connectivity index (χ1) is 7.47. The largest absolute Gasteiger partial charge is 0.465 e. The van der Waals surface area contributed by atoms with Crippen molar-refractivity contribution in [3.8, 4) is 0 Å². The van der Waals surface area contributed by atoms with Crippen molar-refractivity contribution in [2.75, 3.05) is 6.61 Å². The highest BCUT2D eigenvalue weighted by Gasteiger charge is 2.14. The smallest absolute Gasteiger partial charge is 0.327 e. The van der Waals surface area contributed by atoms with Crippen molar-refractivity contribution in [1.29, 1.82) is 0 Å². The molecular weight excluding hydrogens is 323 g/mol. The fourth-order valence-electron chi connectivity index (χ4n) is 0.929. The standard InChI is InChI=1S/C8H7BrCl2N2O3/c1-2-16-4(14)3-13-8(15)6(11)5(10)7(9)12-13/h2-3H2,1H3. The maximum Gasteiger partial charge on any atom is 0.327 e. The molecule has 5 nitrogen and oxygen atoms in total. The lowest BCUT2D eigenvalue weighted by atomic mass is 10.5. The predicted molar refractivity (Wildman–Crippen MR) is 62.9 cm³/mol. The number of rotatable bonds is 3. The van der Waals surface area contributed by atoms with Crippen LogP contribution in [0.25, 0.3) is 0 Å². The number of aromatic nitrogens is 2. The van der Waals surface area contributed by atoms with E-state index in [0.717, 1.165) is 4.68 Å². The minimum absolute atomic E-state index is 0.0202. The maximum atomic E-state index is 11.5. The van der Waals surface area contributed by atoms with Crippen LogP contribution in [0.2, 0.25) is 10.0 Å². The molecule has 0 saturated carbocycles. The molecule has 0 N–H and O–H groups in total. The highest BCUT2D eigenvalue weighted by Crippen LogP contribution is 2.24. The Morgan fingerprint density at radius 1 is 1.50 bits per heavy atom. The summed E-state index contributed by atoms with van der Waals surface area (Å²) in [6, 6.07) is 0. The molecule has 8 heteroatoms. The fraction of sp³-hybridized carbons (Fsp3) is 0.375. The molecule has 0 saturated heterocycles. The molecule has 1 heterocycles. The third-order valence-electron chi connectivity index (χ3n) is 1.59. The zero-order valence-corrected chi connectivity index (χ0v) is 11.3. The second-order valence-electron chi connectivity index (χ2n) is 2.69. The minimum Gasteiger partial charge on any atom is -0.465 e. The number of carbonyl (C=O) groups excluding carboxylic acids is 1. The van der Waals surface area contributed by atoms with Gasteiger partial charge in [0.2, 0.25) is 0 Å². The summed E-state index contributed by atoms with van der Waals surface area (Å²) in [5.74, 6) is -0.567. The number of hydrogen-bond acceptors (Lipinski definition) is 4. The maximum absolute atomic E-state index is 11.5. The number of halogens is 3. The number of carbonyl (C=O) groups is 1. The Bertz CT molecular complexity index is 475. The highest BCUT2D eigenvalue weighted by atomic mass is 79.9. The van der Waals surface area contributed by atoms with Gasteiger partial charge in [-0.05, 0) is 22.9 Å². The van der Waals surface area contributed by atoms with Gasteiger partial charge in [-0.15, -0.1) is 0 Å². The van der Waals surface area contributed by atoms with Gasteiger partial charge in [0.1, 0.15) is 16.2 Å². The quantitative estimate of drug-likeness (QED) is 0.794. The lowest BCUT2D eigenvalue weighted by Crippen LogP contribution is -2.28. The Morgan fingerprint density at radius 3 is 2.69 bits per heavy atom. The molecule has 0 aliphatic rings. The molecule has 0 spiro atoms.